The highest BCUT2D eigenvalue weighted by molar-refractivity contribution is 9.10. The van der Waals surface area contributed by atoms with E-state index in [1.54, 1.807) is 0 Å². The Morgan fingerprint density at radius 1 is 1.48 bits per heavy atom. The van der Waals surface area contributed by atoms with Gasteiger partial charge in [0.2, 0.25) is 10.0 Å². The van der Waals surface area contributed by atoms with Gasteiger partial charge in [-0.15, -0.1) is 0 Å². The zero-order chi connectivity index (χ0) is 15.6. The second-order valence-electron chi connectivity index (χ2n) is 4.70. The van der Waals surface area contributed by atoms with Crippen LogP contribution in [-0.2, 0) is 14.8 Å². The Bertz CT molecular complexity index is 659. The van der Waals surface area contributed by atoms with Gasteiger partial charge < -0.3 is 10.1 Å². The average molecular weight is 398 g/mol. The molecule has 1 aromatic rings. The number of ether oxygens (including phenoxy) is 1. The third-order valence-electron chi connectivity index (χ3n) is 3.07. The van der Waals surface area contributed by atoms with Crippen molar-refractivity contribution in [2.45, 2.75) is 23.8 Å². The molecule has 0 aromatic heterocycles. The van der Waals surface area contributed by atoms with Crippen LogP contribution >= 0.6 is 27.5 Å². The molecule has 0 saturated carbocycles. The number of carbonyl (C=O) groups excluding carboxylic acids is 1. The molecule has 0 spiro atoms. The van der Waals surface area contributed by atoms with E-state index < -0.39 is 15.9 Å². The summed E-state index contributed by atoms with van der Waals surface area (Å²) in [5, 5.41) is 8.03. The fraction of sp³-hybridized carbons (Fsp3) is 0.417. The number of benzene rings is 1. The van der Waals surface area contributed by atoms with E-state index in [1.807, 2.05) is 0 Å². The number of hydrogen-bond acceptors (Lipinski definition) is 4. The van der Waals surface area contributed by atoms with E-state index in [0.29, 0.717) is 13.2 Å². The molecule has 2 rings (SSSR count). The molecule has 6 nitrogen and oxygen atoms in total. The van der Waals surface area contributed by atoms with Crippen LogP contribution in [0.4, 0.5) is 0 Å². The molecular formula is C12H14BrClN2O4S. The number of nitrogens with one attached hydrogen (secondary N) is 1. The third-order valence-corrected chi connectivity index (χ3v) is 5.25. The minimum Gasteiger partial charge on any atom is -0.379 e. The number of carbonyl (C=O) groups is 1. The molecule has 1 unspecified atom stereocenters. The summed E-state index contributed by atoms with van der Waals surface area (Å²) in [4.78, 5) is 12.0. The molecule has 3 N–H and O–H groups in total. The number of halogens is 2. The highest BCUT2D eigenvalue weighted by Crippen LogP contribution is 2.28. The van der Waals surface area contributed by atoms with Gasteiger partial charge in [0.1, 0.15) is 0 Å². The smallest absolute Gasteiger partial charge is 0.253 e. The Kier molecular flexibility index (Phi) is 5.26. The average Bonchev–Trinajstić information content (AvgIpc) is 2.38. The summed E-state index contributed by atoms with van der Waals surface area (Å²) in [6, 6.07) is 2.40. The monoisotopic (exact) mass is 396 g/mol. The van der Waals surface area contributed by atoms with Crippen LogP contribution in [0.15, 0.2) is 21.5 Å². The summed E-state index contributed by atoms with van der Waals surface area (Å²) in [5.74, 6) is -0.451. The number of sulfonamides is 1. The predicted molar refractivity (Wildman–Crippen MR) is 81.8 cm³/mol. The highest BCUT2D eigenvalue weighted by Gasteiger charge is 2.22. The minimum atomic E-state index is -3.95. The molecule has 1 fully saturated rings. The zero-order valence-electron chi connectivity index (χ0n) is 10.9. The van der Waals surface area contributed by atoms with Gasteiger partial charge in [0, 0.05) is 11.1 Å². The second kappa shape index (κ2) is 6.62. The largest absolute Gasteiger partial charge is 0.379 e. The molecule has 1 amide bonds. The van der Waals surface area contributed by atoms with Gasteiger partial charge in [0.15, 0.2) is 0 Å². The molecule has 0 radical (unpaired) electrons. The van der Waals surface area contributed by atoms with Crippen molar-refractivity contribution in [1.82, 2.24) is 5.32 Å². The Labute approximate surface area is 136 Å². The third kappa shape index (κ3) is 4.17. The summed E-state index contributed by atoms with van der Waals surface area (Å²) in [5.41, 5.74) is 0.0643. The Hall–Kier alpha value is -0.670. The Morgan fingerprint density at radius 2 is 2.19 bits per heavy atom. The molecule has 1 aliphatic heterocycles. The van der Waals surface area contributed by atoms with E-state index in [9.17, 15) is 13.2 Å². The van der Waals surface area contributed by atoms with E-state index in [1.165, 1.54) is 12.1 Å². The fourth-order valence-corrected chi connectivity index (χ4v) is 4.05. The van der Waals surface area contributed by atoms with Gasteiger partial charge >= 0.3 is 0 Å². The molecule has 1 aliphatic rings. The van der Waals surface area contributed by atoms with E-state index in [0.717, 1.165) is 12.8 Å². The van der Waals surface area contributed by atoms with Crippen LogP contribution in [-0.4, -0.2) is 33.6 Å². The SMILES string of the molecule is NS(=O)(=O)c1cc(C(=O)NC2CCCOC2)c(Cl)cc1Br. The number of hydrogen-bond donors (Lipinski definition) is 2. The highest BCUT2D eigenvalue weighted by atomic mass is 79.9. The lowest BCUT2D eigenvalue weighted by molar-refractivity contribution is 0.0624. The lowest BCUT2D eigenvalue weighted by Crippen LogP contribution is -2.40. The van der Waals surface area contributed by atoms with Crippen LogP contribution in [0, 0.1) is 0 Å². The maximum Gasteiger partial charge on any atom is 0.253 e. The number of rotatable bonds is 3. The summed E-state index contributed by atoms with van der Waals surface area (Å²) in [6.07, 6.45) is 1.67. The van der Waals surface area contributed by atoms with Crippen molar-refractivity contribution >= 4 is 43.5 Å². The first-order valence-corrected chi connectivity index (χ1v) is 8.91. The predicted octanol–water partition coefficient (Wildman–Crippen LogP) is 1.66. The first-order chi connectivity index (χ1) is 9.79. The molecule has 1 aromatic carbocycles. The molecule has 0 bridgehead atoms. The fourth-order valence-electron chi connectivity index (χ4n) is 2.04. The number of nitrogens with two attached hydrogens (primary N) is 1. The Morgan fingerprint density at radius 3 is 2.76 bits per heavy atom. The topological polar surface area (TPSA) is 98.5 Å². The molecule has 1 atom stereocenters. The molecular weight excluding hydrogens is 384 g/mol. The van der Waals surface area contributed by atoms with Crippen molar-refractivity contribution < 1.29 is 17.9 Å². The van der Waals surface area contributed by atoms with Crippen molar-refractivity contribution in [1.29, 1.82) is 0 Å². The van der Waals surface area contributed by atoms with Crippen LogP contribution in [0.3, 0.4) is 0 Å². The van der Waals surface area contributed by atoms with Crippen molar-refractivity contribution in [2.75, 3.05) is 13.2 Å². The Balaban J connectivity index is 2.28. The van der Waals surface area contributed by atoms with Gasteiger partial charge in [-0.3, -0.25) is 4.79 Å². The maximum atomic E-state index is 12.2. The summed E-state index contributed by atoms with van der Waals surface area (Å²) in [7, 11) is -3.95. The van der Waals surface area contributed by atoms with Gasteiger partial charge in [0.25, 0.3) is 5.91 Å². The van der Waals surface area contributed by atoms with Crippen LogP contribution in [0.2, 0.25) is 5.02 Å². The molecule has 116 valence electrons. The van der Waals surface area contributed by atoms with Crippen LogP contribution < -0.4 is 10.5 Å². The van der Waals surface area contributed by atoms with E-state index in [4.69, 9.17) is 21.5 Å². The summed E-state index contributed by atoms with van der Waals surface area (Å²) >= 11 is 9.08. The van der Waals surface area contributed by atoms with Crippen molar-refractivity contribution in [3.05, 3.63) is 27.2 Å². The quantitative estimate of drug-likeness (QED) is 0.810. The maximum absolute atomic E-state index is 12.2. The van der Waals surface area contributed by atoms with Crippen molar-refractivity contribution in [3.8, 4) is 0 Å². The zero-order valence-corrected chi connectivity index (χ0v) is 14.1. The summed E-state index contributed by atoms with van der Waals surface area (Å²) < 4.78 is 28.5. The second-order valence-corrected chi connectivity index (χ2v) is 7.49. The van der Waals surface area contributed by atoms with Gasteiger partial charge in [-0.25, -0.2) is 13.6 Å². The van der Waals surface area contributed by atoms with Crippen molar-refractivity contribution in [3.63, 3.8) is 0 Å². The van der Waals surface area contributed by atoms with Gasteiger partial charge in [0.05, 0.1) is 28.1 Å². The first kappa shape index (κ1) is 16.7. The van der Waals surface area contributed by atoms with E-state index >= 15 is 0 Å². The van der Waals surface area contributed by atoms with Crippen LogP contribution in [0.5, 0.6) is 0 Å². The molecule has 1 saturated heterocycles. The molecule has 0 aliphatic carbocycles. The molecule has 9 heteroatoms. The lowest BCUT2D eigenvalue weighted by atomic mass is 10.1. The number of primary sulfonamides is 1. The first-order valence-electron chi connectivity index (χ1n) is 6.19. The van der Waals surface area contributed by atoms with Crippen molar-refractivity contribution in [2.24, 2.45) is 5.14 Å². The van der Waals surface area contributed by atoms with Gasteiger partial charge in [-0.05, 0) is 40.9 Å². The molecule has 1 heterocycles. The van der Waals surface area contributed by atoms with Crippen LogP contribution in [0.25, 0.3) is 0 Å². The molecule has 21 heavy (non-hydrogen) atoms. The standard InChI is InChI=1S/C12H14BrClN2O4S/c13-9-5-10(14)8(4-11(9)21(15,18)19)12(17)16-7-2-1-3-20-6-7/h4-5,7H,1-3,6H2,(H,16,17)(H2,15,18,19). The van der Waals surface area contributed by atoms with Gasteiger partial charge in [-0.1, -0.05) is 11.6 Å². The van der Waals surface area contributed by atoms with E-state index in [-0.39, 0.29) is 26.0 Å². The normalized spacial score (nSPS) is 19.3. The summed E-state index contributed by atoms with van der Waals surface area (Å²) in [6.45, 7) is 1.11. The van der Waals surface area contributed by atoms with Gasteiger partial charge in [-0.2, -0.15) is 0 Å². The van der Waals surface area contributed by atoms with Crippen LogP contribution in [0.1, 0.15) is 23.2 Å². The number of amides is 1. The minimum absolute atomic E-state index is 0.0643. The lowest BCUT2D eigenvalue weighted by Gasteiger charge is -2.23. The van der Waals surface area contributed by atoms with E-state index in [2.05, 4.69) is 21.2 Å².